The summed E-state index contributed by atoms with van der Waals surface area (Å²) in [5, 5.41) is 24.0. The third kappa shape index (κ3) is 5.90. The van der Waals surface area contributed by atoms with Gasteiger partial charge >= 0.3 is 6.18 Å². The third-order valence-electron chi connectivity index (χ3n) is 6.88. The van der Waals surface area contributed by atoms with Crippen molar-refractivity contribution in [2.24, 2.45) is 17.8 Å². The predicted octanol–water partition coefficient (Wildman–Crippen LogP) is 3.08. The molecule has 0 spiro atoms. The molecule has 4 atom stereocenters. The number of benzene rings is 1. The summed E-state index contributed by atoms with van der Waals surface area (Å²) in [5.41, 5.74) is 0.226. The molecule has 2 heterocycles. The smallest absolute Gasteiger partial charge is 0.396 e. The van der Waals surface area contributed by atoms with E-state index in [9.17, 15) is 23.4 Å². The van der Waals surface area contributed by atoms with E-state index in [0.29, 0.717) is 30.0 Å². The lowest BCUT2D eigenvalue weighted by atomic mass is 9.88. The Bertz CT molecular complexity index is 921. The minimum atomic E-state index is -4.44. The molecule has 1 aromatic carbocycles. The molecule has 1 aliphatic heterocycles. The van der Waals surface area contributed by atoms with E-state index in [1.807, 2.05) is 0 Å². The number of alkyl halides is 3. The molecule has 0 radical (unpaired) electrons. The van der Waals surface area contributed by atoms with Gasteiger partial charge in [0.1, 0.15) is 0 Å². The van der Waals surface area contributed by atoms with Crippen molar-refractivity contribution in [1.82, 2.24) is 15.3 Å². The van der Waals surface area contributed by atoms with Crippen LogP contribution in [0.3, 0.4) is 0 Å². The first-order valence-electron chi connectivity index (χ1n) is 11.4. The van der Waals surface area contributed by atoms with E-state index in [2.05, 4.69) is 15.3 Å². The van der Waals surface area contributed by atoms with E-state index < -0.39 is 17.8 Å². The first-order valence-corrected chi connectivity index (χ1v) is 11.4. The van der Waals surface area contributed by atoms with Crippen LogP contribution in [0, 0.1) is 17.8 Å². The van der Waals surface area contributed by atoms with Gasteiger partial charge in [-0.1, -0.05) is 12.1 Å². The molecule has 1 saturated carbocycles. The average molecular weight is 466 g/mol. The number of aliphatic hydroxyl groups is 2. The fraction of sp³-hybridized carbons (Fsp3) is 0.583. The van der Waals surface area contributed by atoms with E-state index in [0.717, 1.165) is 44.7 Å². The summed E-state index contributed by atoms with van der Waals surface area (Å²) < 4.78 is 44.7. The van der Waals surface area contributed by atoms with Gasteiger partial charge in [-0.15, -0.1) is 0 Å². The standard InChI is InChI=1S/C24H30F3N3O3/c25-24(26,27)17-3-1-2-16(10-17)23-28-7-4-18(30-23)11-19-20(14-31)22(32)12-21(19)29-13-15-5-8-33-9-6-15/h1-4,7,10,15,19-22,29,31-32H,5-6,8-9,11-14H2/t19-,20-,21-,22-/m1/s1. The molecule has 0 bridgehead atoms. The van der Waals surface area contributed by atoms with Crippen LogP contribution in [0.4, 0.5) is 13.2 Å². The molecule has 2 aromatic rings. The Morgan fingerprint density at radius 1 is 1.12 bits per heavy atom. The minimum Gasteiger partial charge on any atom is -0.396 e. The van der Waals surface area contributed by atoms with Crippen molar-refractivity contribution >= 4 is 0 Å². The normalized spacial score (nSPS) is 26.6. The van der Waals surface area contributed by atoms with Gasteiger partial charge in [-0.3, -0.25) is 0 Å². The summed E-state index contributed by atoms with van der Waals surface area (Å²) in [6, 6.07) is 6.74. The van der Waals surface area contributed by atoms with Gasteiger partial charge < -0.3 is 20.3 Å². The van der Waals surface area contributed by atoms with Crippen molar-refractivity contribution in [2.45, 2.75) is 44.0 Å². The SMILES string of the molecule is OC[C@@H]1[C@@H](Cc2ccnc(-c3cccc(C(F)(F)F)c3)n2)[C@H](NCC2CCOCC2)C[C@H]1O. The van der Waals surface area contributed by atoms with Crippen LogP contribution < -0.4 is 5.32 Å². The number of hydrogen-bond acceptors (Lipinski definition) is 6. The van der Waals surface area contributed by atoms with E-state index in [-0.39, 0.29) is 30.3 Å². The largest absolute Gasteiger partial charge is 0.416 e. The number of nitrogens with zero attached hydrogens (tertiary/aromatic N) is 2. The van der Waals surface area contributed by atoms with E-state index >= 15 is 0 Å². The van der Waals surface area contributed by atoms with Crippen LogP contribution in [0.15, 0.2) is 36.5 Å². The number of aliphatic hydroxyl groups excluding tert-OH is 2. The van der Waals surface area contributed by atoms with Crippen LogP contribution in [0.5, 0.6) is 0 Å². The molecule has 3 N–H and O–H groups in total. The highest BCUT2D eigenvalue weighted by Crippen LogP contribution is 2.35. The first-order chi connectivity index (χ1) is 15.8. The summed E-state index contributed by atoms with van der Waals surface area (Å²) >= 11 is 0. The number of aromatic nitrogens is 2. The second-order valence-corrected chi connectivity index (χ2v) is 9.04. The highest BCUT2D eigenvalue weighted by Gasteiger charge is 2.42. The van der Waals surface area contributed by atoms with Crippen molar-refractivity contribution in [2.75, 3.05) is 26.4 Å². The van der Waals surface area contributed by atoms with E-state index in [1.54, 1.807) is 18.3 Å². The number of rotatable bonds is 7. The highest BCUT2D eigenvalue weighted by atomic mass is 19.4. The molecule has 2 fully saturated rings. The van der Waals surface area contributed by atoms with Crippen LogP contribution in [-0.4, -0.2) is 58.7 Å². The molecule has 180 valence electrons. The Labute approximate surface area is 191 Å². The molecule has 1 aliphatic carbocycles. The molecule has 4 rings (SSSR count). The maximum Gasteiger partial charge on any atom is 0.416 e. The van der Waals surface area contributed by atoms with Crippen LogP contribution in [-0.2, 0) is 17.3 Å². The van der Waals surface area contributed by atoms with Gasteiger partial charge in [0.05, 0.1) is 11.7 Å². The molecule has 1 aromatic heterocycles. The van der Waals surface area contributed by atoms with E-state index in [1.165, 1.54) is 6.07 Å². The third-order valence-corrected chi connectivity index (χ3v) is 6.88. The Balaban J connectivity index is 1.50. The minimum absolute atomic E-state index is 0.0203. The fourth-order valence-electron chi connectivity index (χ4n) is 4.97. The molecule has 1 saturated heterocycles. The highest BCUT2D eigenvalue weighted by molar-refractivity contribution is 5.56. The maximum atomic E-state index is 13.1. The quantitative estimate of drug-likeness (QED) is 0.583. The van der Waals surface area contributed by atoms with Crippen molar-refractivity contribution < 1.29 is 28.1 Å². The van der Waals surface area contributed by atoms with Crippen LogP contribution in [0.1, 0.15) is 30.5 Å². The Morgan fingerprint density at radius 2 is 1.91 bits per heavy atom. The summed E-state index contributed by atoms with van der Waals surface area (Å²) in [4.78, 5) is 8.70. The first kappa shape index (κ1) is 24.1. The summed E-state index contributed by atoms with van der Waals surface area (Å²) in [7, 11) is 0. The Morgan fingerprint density at radius 3 is 2.64 bits per heavy atom. The van der Waals surface area contributed by atoms with Gasteiger partial charge in [-0.25, -0.2) is 9.97 Å². The van der Waals surface area contributed by atoms with Crippen molar-refractivity contribution in [3.05, 3.63) is 47.8 Å². The number of hydrogen-bond donors (Lipinski definition) is 3. The molecule has 9 heteroatoms. The monoisotopic (exact) mass is 465 g/mol. The molecule has 0 amide bonds. The van der Waals surface area contributed by atoms with Crippen molar-refractivity contribution in [3.63, 3.8) is 0 Å². The second-order valence-electron chi connectivity index (χ2n) is 9.04. The summed E-state index contributed by atoms with van der Waals surface area (Å²) in [5.74, 6) is 0.416. The van der Waals surface area contributed by atoms with Gasteiger partial charge in [-0.05, 0) is 62.3 Å². The molecular formula is C24H30F3N3O3. The number of nitrogens with one attached hydrogen (secondary N) is 1. The molecular weight excluding hydrogens is 435 g/mol. The summed E-state index contributed by atoms with van der Waals surface area (Å²) in [6.45, 7) is 2.23. The topological polar surface area (TPSA) is 87.5 Å². The second kappa shape index (κ2) is 10.5. The van der Waals surface area contributed by atoms with Crippen molar-refractivity contribution in [3.8, 4) is 11.4 Å². The zero-order chi connectivity index (χ0) is 23.4. The van der Waals surface area contributed by atoms with Crippen molar-refractivity contribution in [1.29, 1.82) is 0 Å². The Kier molecular flexibility index (Phi) is 7.63. The molecule has 33 heavy (non-hydrogen) atoms. The van der Waals surface area contributed by atoms with Gasteiger partial charge in [0.25, 0.3) is 0 Å². The predicted molar refractivity (Wildman–Crippen MR) is 116 cm³/mol. The molecule has 0 unspecified atom stereocenters. The number of ether oxygens (including phenoxy) is 1. The zero-order valence-electron chi connectivity index (χ0n) is 18.3. The van der Waals surface area contributed by atoms with Crippen LogP contribution in [0.2, 0.25) is 0 Å². The van der Waals surface area contributed by atoms with E-state index in [4.69, 9.17) is 4.74 Å². The lowest BCUT2D eigenvalue weighted by Gasteiger charge is -2.28. The van der Waals surface area contributed by atoms with Crippen LogP contribution in [0.25, 0.3) is 11.4 Å². The lowest BCUT2D eigenvalue weighted by molar-refractivity contribution is -0.137. The maximum absolute atomic E-state index is 13.1. The average Bonchev–Trinajstić information content (AvgIpc) is 3.12. The van der Waals surface area contributed by atoms with Gasteiger partial charge in [0.15, 0.2) is 5.82 Å². The Hall–Kier alpha value is -2.07. The fourth-order valence-corrected chi connectivity index (χ4v) is 4.97. The van der Waals surface area contributed by atoms with Gasteiger partial charge in [-0.2, -0.15) is 13.2 Å². The summed E-state index contributed by atoms with van der Waals surface area (Å²) in [6.07, 6.45) is -0.470. The number of halogens is 3. The zero-order valence-corrected chi connectivity index (χ0v) is 18.3. The van der Waals surface area contributed by atoms with Crippen LogP contribution >= 0.6 is 0 Å². The van der Waals surface area contributed by atoms with Gasteiger partial charge in [0.2, 0.25) is 0 Å². The molecule has 2 aliphatic rings. The van der Waals surface area contributed by atoms with Gasteiger partial charge in [0, 0.05) is 49.2 Å². The lowest BCUT2D eigenvalue weighted by Crippen LogP contribution is -2.40. The molecule has 6 nitrogen and oxygen atoms in total.